The molecule has 8 heteroatoms. The van der Waals surface area contributed by atoms with E-state index >= 15 is 0 Å². The van der Waals surface area contributed by atoms with E-state index in [1.807, 2.05) is 18.4 Å². The highest BCUT2D eigenvalue weighted by Gasteiger charge is 2.24. The lowest BCUT2D eigenvalue weighted by molar-refractivity contribution is 0.601. The van der Waals surface area contributed by atoms with Crippen LogP contribution in [0.1, 0.15) is 33.1 Å². The third-order valence-corrected chi connectivity index (χ3v) is 5.07. The minimum atomic E-state index is -0.362. The largest absolute Gasteiger partial charge is 0.342 e. The van der Waals surface area contributed by atoms with Crippen molar-refractivity contribution in [2.45, 2.75) is 45.7 Å². The molecular weight excluding hydrogens is 332 g/mol. The second kappa shape index (κ2) is 7.11. The van der Waals surface area contributed by atoms with E-state index < -0.39 is 0 Å². The van der Waals surface area contributed by atoms with Crippen molar-refractivity contribution in [2.24, 2.45) is 19.8 Å². The molecule has 0 aliphatic carbocycles. The molecule has 0 bridgehead atoms. The Labute approximate surface area is 152 Å². The quantitative estimate of drug-likeness (QED) is 0.815. The minimum Gasteiger partial charge on any atom is -0.342 e. The lowest BCUT2D eigenvalue weighted by atomic mass is 10.1. The molecule has 3 rings (SSSR count). The van der Waals surface area contributed by atoms with Gasteiger partial charge in [-0.2, -0.15) is 4.98 Å². The number of nitrogens with two attached hydrogens (primary N) is 1. The van der Waals surface area contributed by atoms with Gasteiger partial charge >= 0.3 is 5.69 Å². The SMILES string of the molecule is CC(C)=CCn1c(N2CCCC(N)CC2)nc2c1c(=O)n(C)c(=O)n2C. The van der Waals surface area contributed by atoms with Crippen molar-refractivity contribution in [1.29, 1.82) is 0 Å². The average molecular weight is 360 g/mol. The second-order valence-corrected chi connectivity index (χ2v) is 7.36. The number of anilines is 1. The Morgan fingerprint density at radius 3 is 2.62 bits per heavy atom. The molecule has 26 heavy (non-hydrogen) atoms. The number of imidazole rings is 1. The Kier molecular flexibility index (Phi) is 5.04. The summed E-state index contributed by atoms with van der Waals surface area (Å²) in [7, 11) is 3.16. The number of rotatable bonds is 3. The molecule has 3 heterocycles. The molecule has 2 aromatic rings. The van der Waals surface area contributed by atoms with Crippen LogP contribution >= 0.6 is 0 Å². The molecule has 1 saturated heterocycles. The highest BCUT2D eigenvalue weighted by atomic mass is 16.2. The molecule has 1 aliphatic rings. The number of allylic oxidation sites excluding steroid dienone is 2. The molecule has 0 aromatic carbocycles. The number of hydrogen-bond acceptors (Lipinski definition) is 5. The molecule has 0 saturated carbocycles. The van der Waals surface area contributed by atoms with Crippen molar-refractivity contribution in [3.63, 3.8) is 0 Å². The third-order valence-electron chi connectivity index (χ3n) is 5.07. The number of fused-ring (bicyclic) bond motifs is 1. The molecular formula is C18H28N6O2. The molecule has 1 atom stereocenters. The van der Waals surface area contributed by atoms with E-state index in [1.165, 1.54) is 11.6 Å². The van der Waals surface area contributed by atoms with Gasteiger partial charge < -0.3 is 15.2 Å². The predicted molar refractivity (Wildman–Crippen MR) is 104 cm³/mol. The van der Waals surface area contributed by atoms with Crippen molar-refractivity contribution in [3.8, 4) is 0 Å². The Morgan fingerprint density at radius 2 is 1.92 bits per heavy atom. The fraction of sp³-hybridized carbons (Fsp3) is 0.611. The van der Waals surface area contributed by atoms with Gasteiger partial charge in [-0.15, -0.1) is 0 Å². The zero-order chi connectivity index (χ0) is 19.0. The number of aromatic nitrogens is 4. The number of nitrogens with zero attached hydrogens (tertiary/aromatic N) is 5. The highest BCUT2D eigenvalue weighted by Crippen LogP contribution is 2.23. The topological polar surface area (TPSA) is 91.1 Å². The van der Waals surface area contributed by atoms with Gasteiger partial charge in [0.2, 0.25) is 5.95 Å². The van der Waals surface area contributed by atoms with Crippen LogP contribution in [0.15, 0.2) is 21.2 Å². The van der Waals surface area contributed by atoms with Crippen LogP contribution < -0.4 is 21.9 Å². The van der Waals surface area contributed by atoms with Gasteiger partial charge in [0.15, 0.2) is 11.2 Å². The van der Waals surface area contributed by atoms with Crippen molar-refractivity contribution >= 4 is 17.1 Å². The normalized spacial score (nSPS) is 18.2. The molecule has 0 radical (unpaired) electrons. The first-order valence-electron chi connectivity index (χ1n) is 9.11. The maximum absolute atomic E-state index is 12.8. The van der Waals surface area contributed by atoms with Crippen LogP contribution in [-0.2, 0) is 20.6 Å². The van der Waals surface area contributed by atoms with E-state index in [9.17, 15) is 9.59 Å². The molecule has 1 aliphatic heterocycles. The third kappa shape index (κ3) is 3.21. The summed E-state index contributed by atoms with van der Waals surface area (Å²) in [6, 6.07) is 0.202. The maximum atomic E-state index is 12.8. The van der Waals surface area contributed by atoms with Gasteiger partial charge in [-0.25, -0.2) is 4.79 Å². The Hall–Kier alpha value is -2.35. The van der Waals surface area contributed by atoms with Gasteiger partial charge in [0.1, 0.15) is 0 Å². The summed E-state index contributed by atoms with van der Waals surface area (Å²) in [6.07, 6.45) is 4.94. The molecule has 8 nitrogen and oxygen atoms in total. The van der Waals surface area contributed by atoms with Crippen molar-refractivity contribution in [3.05, 3.63) is 32.5 Å². The summed E-state index contributed by atoms with van der Waals surface area (Å²) in [4.78, 5) is 32.0. The van der Waals surface area contributed by atoms with Crippen LogP contribution in [0.25, 0.3) is 11.2 Å². The van der Waals surface area contributed by atoms with Gasteiger partial charge in [0, 0.05) is 39.8 Å². The lowest BCUT2D eigenvalue weighted by Crippen LogP contribution is -2.37. The smallest absolute Gasteiger partial charge is 0.332 e. The number of aryl methyl sites for hydroxylation is 1. The van der Waals surface area contributed by atoms with E-state index in [-0.39, 0.29) is 17.3 Å². The molecule has 0 amide bonds. The second-order valence-electron chi connectivity index (χ2n) is 7.36. The first-order valence-corrected chi connectivity index (χ1v) is 9.11. The molecule has 0 spiro atoms. The first kappa shape index (κ1) is 18.4. The van der Waals surface area contributed by atoms with Gasteiger partial charge in [0.05, 0.1) is 0 Å². The first-order chi connectivity index (χ1) is 12.3. The molecule has 2 aromatic heterocycles. The van der Waals surface area contributed by atoms with Gasteiger partial charge in [0.25, 0.3) is 5.56 Å². The Morgan fingerprint density at radius 1 is 1.19 bits per heavy atom. The van der Waals surface area contributed by atoms with E-state index in [4.69, 9.17) is 10.7 Å². The fourth-order valence-corrected chi connectivity index (χ4v) is 3.45. The van der Waals surface area contributed by atoms with Gasteiger partial charge in [-0.3, -0.25) is 13.9 Å². The zero-order valence-electron chi connectivity index (χ0n) is 16.0. The van der Waals surface area contributed by atoms with Crippen LogP contribution in [0.4, 0.5) is 5.95 Å². The van der Waals surface area contributed by atoms with E-state index in [0.717, 1.165) is 48.4 Å². The Balaban J connectivity index is 2.24. The lowest BCUT2D eigenvalue weighted by Gasteiger charge is -2.22. The fourth-order valence-electron chi connectivity index (χ4n) is 3.45. The van der Waals surface area contributed by atoms with E-state index in [0.29, 0.717) is 17.7 Å². The molecule has 142 valence electrons. The maximum Gasteiger partial charge on any atom is 0.332 e. The molecule has 2 N–H and O–H groups in total. The van der Waals surface area contributed by atoms with E-state index in [2.05, 4.69) is 11.0 Å². The summed E-state index contributed by atoms with van der Waals surface area (Å²) in [5.74, 6) is 0.741. The zero-order valence-corrected chi connectivity index (χ0v) is 16.0. The minimum absolute atomic E-state index is 0.202. The molecule has 1 fully saturated rings. The van der Waals surface area contributed by atoms with Crippen LogP contribution in [0.5, 0.6) is 0 Å². The summed E-state index contributed by atoms with van der Waals surface area (Å²) in [5.41, 5.74) is 7.51. The van der Waals surface area contributed by atoms with E-state index in [1.54, 1.807) is 7.05 Å². The van der Waals surface area contributed by atoms with Gasteiger partial charge in [-0.05, 0) is 33.1 Å². The highest BCUT2D eigenvalue weighted by molar-refractivity contribution is 5.74. The summed E-state index contributed by atoms with van der Waals surface area (Å²) >= 11 is 0. The molecule has 1 unspecified atom stereocenters. The van der Waals surface area contributed by atoms with Crippen LogP contribution in [0, 0.1) is 0 Å². The average Bonchev–Trinajstić information content (AvgIpc) is 2.85. The van der Waals surface area contributed by atoms with Crippen molar-refractivity contribution < 1.29 is 0 Å². The Bertz CT molecular complexity index is 961. The van der Waals surface area contributed by atoms with Crippen molar-refractivity contribution in [1.82, 2.24) is 18.7 Å². The summed E-state index contributed by atoms with van der Waals surface area (Å²) in [5, 5.41) is 0. The summed E-state index contributed by atoms with van der Waals surface area (Å²) in [6.45, 7) is 6.24. The van der Waals surface area contributed by atoms with Crippen LogP contribution in [-0.4, -0.2) is 37.8 Å². The predicted octanol–water partition coefficient (Wildman–Crippen LogP) is 0.718. The monoisotopic (exact) mass is 360 g/mol. The van der Waals surface area contributed by atoms with Crippen LogP contribution in [0.2, 0.25) is 0 Å². The van der Waals surface area contributed by atoms with Gasteiger partial charge in [-0.1, -0.05) is 11.6 Å². The number of hydrogen-bond donors (Lipinski definition) is 1. The standard InChI is InChI=1S/C18H28N6O2/c1-12(2)7-11-24-14-15(21(3)18(26)22(4)16(14)25)20-17(24)23-9-5-6-13(19)8-10-23/h7,13H,5-6,8-11,19H2,1-4H3. The summed E-state index contributed by atoms with van der Waals surface area (Å²) < 4.78 is 4.52. The van der Waals surface area contributed by atoms with Crippen LogP contribution in [0.3, 0.4) is 0 Å². The van der Waals surface area contributed by atoms with Crippen molar-refractivity contribution in [2.75, 3.05) is 18.0 Å².